The van der Waals surface area contributed by atoms with Crippen molar-refractivity contribution in [3.05, 3.63) is 59.9 Å². The molecule has 4 rings (SSSR count). The van der Waals surface area contributed by atoms with Gasteiger partial charge in [0.05, 0.1) is 16.8 Å². The zero-order valence-electron chi connectivity index (χ0n) is 16.2. The lowest BCUT2D eigenvalue weighted by atomic mass is 9.93. The number of nitrogens with one attached hydrogen (secondary N) is 1. The smallest absolute Gasteiger partial charge is 0.337 e. The van der Waals surface area contributed by atoms with Crippen LogP contribution in [0.1, 0.15) is 19.4 Å². The molecule has 2 aromatic carbocycles. The average molecular weight is 431 g/mol. The zero-order chi connectivity index (χ0) is 22.4. The Bertz CT molecular complexity index is 1360. The Labute approximate surface area is 172 Å². The van der Waals surface area contributed by atoms with E-state index in [-0.39, 0.29) is 22.8 Å². The number of nitrogens with zero attached hydrogens (tertiary/aromatic N) is 4. The quantitative estimate of drug-likeness (QED) is 0.348. The van der Waals surface area contributed by atoms with Crippen LogP contribution in [0.3, 0.4) is 0 Å². The molecular weight excluding hydrogens is 417 g/mol. The molecule has 2 aromatic heterocycles. The summed E-state index contributed by atoms with van der Waals surface area (Å²) in [4.78, 5) is 4.25. The van der Waals surface area contributed by atoms with Crippen molar-refractivity contribution in [1.29, 1.82) is 0 Å². The fraction of sp³-hybridized carbons (Fsp3) is 0.190. The van der Waals surface area contributed by atoms with Crippen molar-refractivity contribution in [2.75, 3.05) is 5.32 Å². The third-order valence-electron chi connectivity index (χ3n) is 4.68. The van der Waals surface area contributed by atoms with E-state index in [0.29, 0.717) is 10.9 Å². The number of benzene rings is 2. The van der Waals surface area contributed by atoms with Crippen LogP contribution in [0.2, 0.25) is 0 Å². The van der Waals surface area contributed by atoms with Crippen LogP contribution in [0.5, 0.6) is 0 Å². The van der Waals surface area contributed by atoms with E-state index in [1.54, 1.807) is 0 Å². The highest BCUT2D eigenvalue weighted by Gasteiger charge is 2.46. The highest BCUT2D eigenvalue weighted by molar-refractivity contribution is 5.92. The van der Waals surface area contributed by atoms with Gasteiger partial charge in [0.1, 0.15) is 23.4 Å². The summed E-state index contributed by atoms with van der Waals surface area (Å²) in [6.07, 6.45) is -3.15. The van der Waals surface area contributed by atoms with Crippen LogP contribution in [0.25, 0.3) is 16.7 Å². The normalized spacial score (nSPS) is 12.1. The van der Waals surface area contributed by atoms with Crippen molar-refractivity contribution >= 4 is 28.2 Å². The molecule has 1 N–H and O–H groups in total. The van der Waals surface area contributed by atoms with Gasteiger partial charge in [-0.15, -0.1) is 10.2 Å². The van der Waals surface area contributed by atoms with Gasteiger partial charge in [-0.3, -0.25) is 4.40 Å². The molecule has 158 valence electrons. The van der Waals surface area contributed by atoms with Crippen molar-refractivity contribution < 1.29 is 22.0 Å². The van der Waals surface area contributed by atoms with Gasteiger partial charge in [-0.05, 0) is 44.2 Å². The summed E-state index contributed by atoms with van der Waals surface area (Å²) >= 11 is 0. The summed E-state index contributed by atoms with van der Waals surface area (Å²) in [6.45, 7) is 1.83. The van der Waals surface area contributed by atoms with Crippen LogP contribution in [0.15, 0.2) is 42.7 Å². The molecule has 0 atom stereocenters. The largest absolute Gasteiger partial charge is 0.404 e. The fourth-order valence-electron chi connectivity index (χ4n) is 2.79. The van der Waals surface area contributed by atoms with Crippen molar-refractivity contribution in [2.45, 2.75) is 20.0 Å². The van der Waals surface area contributed by atoms with Gasteiger partial charge in [0.25, 0.3) is 5.78 Å². The third kappa shape index (κ3) is 3.74. The first-order valence-electron chi connectivity index (χ1n) is 9.01. The van der Waals surface area contributed by atoms with E-state index in [1.165, 1.54) is 47.1 Å². The molecule has 0 saturated heterocycles. The van der Waals surface area contributed by atoms with Crippen molar-refractivity contribution in [3.8, 4) is 11.8 Å². The SMILES string of the molecule is CC(C)(C#Cc1cccc(Nc2nc3nncn3c3ccc(F)cc23)c1F)C(F)(F)F. The number of halogens is 5. The summed E-state index contributed by atoms with van der Waals surface area (Å²) < 4.78 is 69.4. The Balaban J connectivity index is 1.78. The molecule has 0 radical (unpaired) electrons. The molecule has 0 fully saturated rings. The Hall–Kier alpha value is -3.74. The molecule has 0 unspecified atom stereocenters. The van der Waals surface area contributed by atoms with E-state index in [4.69, 9.17) is 0 Å². The predicted octanol–water partition coefficient (Wildman–Crippen LogP) is 5.24. The summed E-state index contributed by atoms with van der Waals surface area (Å²) in [6, 6.07) is 8.06. The standard InChI is InChI=1S/C21H14F5N5/c1-20(2,21(24,25)26)9-8-12-4-3-5-15(17(12)23)28-18-14-10-13(22)6-7-16(14)31-11-27-30-19(31)29-18/h3-7,10-11H,1-2H3,(H,28,29,30). The molecule has 10 heteroatoms. The maximum Gasteiger partial charge on any atom is 0.404 e. The highest BCUT2D eigenvalue weighted by Crippen LogP contribution is 2.37. The molecule has 0 spiro atoms. The second-order valence-corrected chi connectivity index (χ2v) is 7.29. The van der Waals surface area contributed by atoms with Gasteiger partial charge in [-0.1, -0.05) is 17.9 Å². The number of aromatic nitrogens is 4. The van der Waals surface area contributed by atoms with Crippen molar-refractivity contribution in [1.82, 2.24) is 19.6 Å². The monoisotopic (exact) mass is 431 g/mol. The lowest BCUT2D eigenvalue weighted by molar-refractivity contribution is -0.190. The van der Waals surface area contributed by atoms with Crippen LogP contribution in [-0.2, 0) is 0 Å². The zero-order valence-corrected chi connectivity index (χ0v) is 16.2. The van der Waals surface area contributed by atoms with Gasteiger partial charge < -0.3 is 5.32 Å². The van der Waals surface area contributed by atoms with Gasteiger partial charge in [0.15, 0.2) is 5.82 Å². The van der Waals surface area contributed by atoms with Crippen molar-refractivity contribution in [2.24, 2.45) is 5.41 Å². The van der Waals surface area contributed by atoms with E-state index in [9.17, 15) is 22.0 Å². The van der Waals surface area contributed by atoms with E-state index in [1.807, 2.05) is 0 Å². The van der Waals surface area contributed by atoms with E-state index < -0.39 is 23.2 Å². The Morgan fingerprint density at radius 2 is 1.84 bits per heavy atom. The highest BCUT2D eigenvalue weighted by atomic mass is 19.4. The van der Waals surface area contributed by atoms with E-state index >= 15 is 0 Å². The summed E-state index contributed by atoms with van der Waals surface area (Å²) in [5, 5.41) is 10.7. The summed E-state index contributed by atoms with van der Waals surface area (Å²) in [5.41, 5.74) is -2.08. The summed E-state index contributed by atoms with van der Waals surface area (Å²) in [7, 11) is 0. The van der Waals surface area contributed by atoms with Crippen LogP contribution in [0, 0.1) is 28.9 Å². The molecule has 0 aliphatic heterocycles. The fourth-order valence-corrected chi connectivity index (χ4v) is 2.79. The lowest BCUT2D eigenvalue weighted by Crippen LogP contribution is -2.30. The number of alkyl halides is 3. The number of hydrogen-bond donors (Lipinski definition) is 1. The Morgan fingerprint density at radius 1 is 1.06 bits per heavy atom. The molecule has 31 heavy (non-hydrogen) atoms. The second kappa shape index (κ2) is 7.19. The molecule has 0 amide bonds. The van der Waals surface area contributed by atoms with E-state index in [0.717, 1.165) is 13.8 Å². The van der Waals surface area contributed by atoms with Gasteiger partial charge in [0.2, 0.25) is 0 Å². The number of rotatable bonds is 2. The van der Waals surface area contributed by atoms with Crippen LogP contribution in [0.4, 0.5) is 33.5 Å². The van der Waals surface area contributed by atoms with Crippen molar-refractivity contribution in [3.63, 3.8) is 0 Å². The minimum atomic E-state index is -4.56. The maximum atomic E-state index is 15.0. The minimum Gasteiger partial charge on any atom is -0.337 e. The molecule has 5 nitrogen and oxygen atoms in total. The molecule has 4 aromatic rings. The van der Waals surface area contributed by atoms with Crippen LogP contribution < -0.4 is 5.32 Å². The van der Waals surface area contributed by atoms with Gasteiger partial charge >= 0.3 is 6.18 Å². The first-order valence-corrected chi connectivity index (χ1v) is 9.01. The molecule has 0 aliphatic carbocycles. The van der Waals surface area contributed by atoms with Crippen LogP contribution >= 0.6 is 0 Å². The second-order valence-electron chi connectivity index (χ2n) is 7.29. The lowest BCUT2D eigenvalue weighted by Gasteiger charge is -2.21. The Morgan fingerprint density at radius 3 is 2.58 bits per heavy atom. The molecule has 0 aliphatic rings. The molecular formula is C21H14F5N5. The molecule has 2 heterocycles. The van der Waals surface area contributed by atoms with Gasteiger partial charge in [-0.25, -0.2) is 8.78 Å². The third-order valence-corrected chi connectivity index (χ3v) is 4.68. The number of anilines is 2. The summed E-state index contributed by atoms with van der Waals surface area (Å²) in [5.74, 6) is 3.26. The van der Waals surface area contributed by atoms with E-state index in [2.05, 4.69) is 32.3 Å². The first kappa shape index (κ1) is 20.5. The molecule has 0 saturated carbocycles. The Kier molecular flexibility index (Phi) is 4.76. The number of hydrogen-bond acceptors (Lipinski definition) is 4. The van der Waals surface area contributed by atoms with Crippen LogP contribution in [-0.4, -0.2) is 25.8 Å². The minimum absolute atomic E-state index is 0.0847. The number of fused-ring (bicyclic) bond motifs is 3. The predicted molar refractivity (Wildman–Crippen MR) is 105 cm³/mol. The maximum absolute atomic E-state index is 15.0. The first-order chi connectivity index (χ1) is 14.6. The average Bonchev–Trinajstić information content (AvgIpc) is 3.16. The topological polar surface area (TPSA) is 55.1 Å². The molecule has 0 bridgehead atoms. The van der Waals surface area contributed by atoms with Gasteiger partial charge in [-0.2, -0.15) is 18.2 Å². The van der Waals surface area contributed by atoms with Gasteiger partial charge in [0, 0.05) is 5.39 Å².